The Morgan fingerprint density at radius 2 is 1.67 bits per heavy atom. The van der Waals surface area contributed by atoms with E-state index in [0.717, 1.165) is 24.0 Å². The SMILES string of the molecule is CN(Cc1ccc(C(F)(F)F)c(F)c1)C1CN(C(=O)c2ccc(S(C)(=O)=O)cc2)C[C@@H]1c1ccc(Cl)c(Cl)c1. The highest BCUT2D eigenvalue weighted by atomic mass is 35.5. The molecule has 208 valence electrons. The molecule has 1 saturated heterocycles. The van der Waals surface area contributed by atoms with E-state index in [9.17, 15) is 30.8 Å². The standard InChI is InChI=1S/C27H24Cl2F4N2O3S/c1-34(13-16-3-9-21(24(30)11-16)27(31,32)33)25-15-35(14-20(25)18-6-10-22(28)23(29)12-18)26(36)17-4-7-19(8-5-17)39(2,37)38/h3-12,20,25H,13-15H2,1-2H3/t20-,25?/m1/s1. The van der Waals surface area contributed by atoms with Gasteiger partial charge in [-0.05, 0) is 66.7 Å². The molecule has 0 bridgehead atoms. The molecule has 0 N–H and O–H groups in total. The molecule has 0 saturated carbocycles. The Bertz CT molecular complexity index is 1500. The monoisotopic (exact) mass is 602 g/mol. The van der Waals surface area contributed by atoms with Gasteiger partial charge in [-0.1, -0.05) is 35.3 Å². The minimum absolute atomic E-state index is 0.0931. The third-order valence-electron chi connectivity index (χ3n) is 6.81. The molecule has 3 aromatic carbocycles. The molecule has 1 aliphatic heterocycles. The van der Waals surface area contributed by atoms with Gasteiger partial charge in [-0.15, -0.1) is 0 Å². The van der Waals surface area contributed by atoms with Crippen LogP contribution in [0.15, 0.2) is 65.6 Å². The van der Waals surface area contributed by atoms with Gasteiger partial charge in [0.2, 0.25) is 0 Å². The van der Waals surface area contributed by atoms with Gasteiger partial charge in [0.15, 0.2) is 9.84 Å². The molecule has 12 heteroatoms. The highest BCUT2D eigenvalue weighted by Gasteiger charge is 2.39. The molecular weight excluding hydrogens is 579 g/mol. The average Bonchev–Trinajstić information content (AvgIpc) is 3.30. The molecule has 0 aromatic heterocycles. The smallest absolute Gasteiger partial charge is 0.336 e. The largest absolute Gasteiger partial charge is 0.419 e. The third kappa shape index (κ3) is 6.57. The number of halogens is 6. The predicted molar refractivity (Wildman–Crippen MR) is 141 cm³/mol. The summed E-state index contributed by atoms with van der Waals surface area (Å²) >= 11 is 12.3. The number of hydrogen-bond acceptors (Lipinski definition) is 4. The average molecular weight is 603 g/mol. The van der Waals surface area contributed by atoms with Crippen LogP contribution in [0.1, 0.15) is 33.0 Å². The van der Waals surface area contributed by atoms with Gasteiger partial charge in [-0.2, -0.15) is 13.2 Å². The molecule has 1 unspecified atom stereocenters. The molecule has 1 aliphatic rings. The molecule has 0 aliphatic carbocycles. The quantitative estimate of drug-likeness (QED) is 0.311. The maximum Gasteiger partial charge on any atom is 0.419 e. The fourth-order valence-electron chi connectivity index (χ4n) is 4.79. The first-order chi connectivity index (χ1) is 18.1. The van der Waals surface area contributed by atoms with Crippen LogP contribution in [-0.2, 0) is 22.6 Å². The van der Waals surface area contributed by atoms with Gasteiger partial charge in [0.25, 0.3) is 5.91 Å². The zero-order valence-electron chi connectivity index (χ0n) is 20.8. The van der Waals surface area contributed by atoms with Crippen LogP contribution in [0.3, 0.4) is 0 Å². The molecule has 1 amide bonds. The lowest BCUT2D eigenvalue weighted by Crippen LogP contribution is -2.38. The van der Waals surface area contributed by atoms with Crippen LogP contribution in [0.4, 0.5) is 17.6 Å². The number of carbonyl (C=O) groups excluding carboxylic acids is 1. The Balaban J connectivity index is 1.61. The highest BCUT2D eigenvalue weighted by Crippen LogP contribution is 2.36. The van der Waals surface area contributed by atoms with E-state index in [1.54, 1.807) is 30.1 Å². The van der Waals surface area contributed by atoms with Crippen molar-refractivity contribution in [3.05, 3.63) is 98.8 Å². The zero-order chi connectivity index (χ0) is 28.7. The second-order valence-electron chi connectivity index (χ2n) is 9.58. The van der Waals surface area contributed by atoms with E-state index in [-0.39, 0.29) is 35.9 Å². The molecule has 0 radical (unpaired) electrons. The summed E-state index contributed by atoms with van der Waals surface area (Å²) in [5, 5.41) is 0.698. The zero-order valence-corrected chi connectivity index (χ0v) is 23.2. The van der Waals surface area contributed by atoms with Crippen LogP contribution in [0, 0.1) is 5.82 Å². The Hall–Kier alpha value is -2.66. The lowest BCUT2D eigenvalue weighted by Gasteiger charge is -2.29. The summed E-state index contributed by atoms with van der Waals surface area (Å²) in [5.74, 6) is -1.91. The fourth-order valence-corrected chi connectivity index (χ4v) is 5.73. The molecule has 39 heavy (non-hydrogen) atoms. The van der Waals surface area contributed by atoms with Crippen molar-refractivity contribution in [3.63, 3.8) is 0 Å². The van der Waals surface area contributed by atoms with Crippen LogP contribution in [0.5, 0.6) is 0 Å². The maximum atomic E-state index is 14.2. The van der Waals surface area contributed by atoms with E-state index in [2.05, 4.69) is 0 Å². The maximum absolute atomic E-state index is 14.2. The molecule has 3 aromatic rings. The van der Waals surface area contributed by atoms with E-state index < -0.39 is 27.4 Å². The van der Waals surface area contributed by atoms with Crippen molar-refractivity contribution in [1.82, 2.24) is 9.80 Å². The Kier molecular flexibility index (Phi) is 8.33. The van der Waals surface area contributed by atoms with Gasteiger partial charge >= 0.3 is 6.18 Å². The van der Waals surface area contributed by atoms with Crippen molar-refractivity contribution in [1.29, 1.82) is 0 Å². The number of alkyl halides is 3. The normalized spacial score (nSPS) is 18.1. The summed E-state index contributed by atoms with van der Waals surface area (Å²) in [7, 11) is -1.67. The number of carbonyl (C=O) groups is 1. The number of sulfone groups is 1. The van der Waals surface area contributed by atoms with Crippen molar-refractivity contribution in [2.24, 2.45) is 0 Å². The van der Waals surface area contributed by atoms with Crippen molar-refractivity contribution >= 4 is 38.9 Å². The van der Waals surface area contributed by atoms with Crippen molar-refractivity contribution in [3.8, 4) is 0 Å². The third-order valence-corrected chi connectivity index (χ3v) is 8.68. The molecule has 2 atom stereocenters. The molecule has 4 rings (SSSR count). The number of nitrogens with zero attached hydrogens (tertiary/aromatic N) is 2. The molecular formula is C27H24Cl2F4N2O3S. The van der Waals surface area contributed by atoms with Crippen molar-refractivity contribution < 1.29 is 30.8 Å². The molecule has 1 fully saturated rings. The summed E-state index contributed by atoms with van der Waals surface area (Å²) < 4.78 is 76.7. The van der Waals surface area contributed by atoms with Crippen molar-refractivity contribution in [2.75, 3.05) is 26.4 Å². The number of benzene rings is 3. The predicted octanol–water partition coefficient (Wildman–Crippen LogP) is 6.30. The Labute approximate surface area is 233 Å². The van der Waals surface area contributed by atoms with Crippen LogP contribution >= 0.6 is 23.2 Å². The summed E-state index contributed by atoms with van der Waals surface area (Å²) in [6, 6.07) is 13.3. The topological polar surface area (TPSA) is 57.7 Å². The first kappa shape index (κ1) is 29.3. The number of amides is 1. The van der Waals surface area contributed by atoms with Gasteiger partial charge < -0.3 is 4.90 Å². The summed E-state index contributed by atoms with van der Waals surface area (Å²) in [6.45, 7) is 0.681. The summed E-state index contributed by atoms with van der Waals surface area (Å²) in [5.41, 5.74) is 0.130. The van der Waals surface area contributed by atoms with E-state index in [1.807, 2.05) is 4.90 Å². The molecule has 1 heterocycles. The van der Waals surface area contributed by atoms with Crippen LogP contribution in [0.2, 0.25) is 10.0 Å². The second-order valence-corrected chi connectivity index (χ2v) is 12.4. The minimum Gasteiger partial charge on any atom is -0.336 e. The van der Waals surface area contributed by atoms with E-state index >= 15 is 0 Å². The van der Waals surface area contributed by atoms with Gasteiger partial charge in [-0.3, -0.25) is 9.69 Å². The van der Waals surface area contributed by atoms with Gasteiger partial charge in [0, 0.05) is 43.4 Å². The first-order valence-electron chi connectivity index (χ1n) is 11.8. The van der Waals surface area contributed by atoms with Gasteiger partial charge in [-0.25, -0.2) is 12.8 Å². The fraction of sp³-hybridized carbons (Fsp3) is 0.296. The Morgan fingerprint density at radius 3 is 2.23 bits per heavy atom. The van der Waals surface area contributed by atoms with E-state index in [0.29, 0.717) is 27.7 Å². The van der Waals surface area contributed by atoms with Gasteiger partial charge in [0.1, 0.15) is 5.82 Å². The van der Waals surface area contributed by atoms with E-state index in [1.165, 1.54) is 30.3 Å². The summed E-state index contributed by atoms with van der Waals surface area (Å²) in [6.07, 6.45) is -3.71. The number of likely N-dealkylation sites (tertiary alicyclic amines) is 1. The van der Waals surface area contributed by atoms with Crippen LogP contribution < -0.4 is 0 Å². The molecule has 0 spiro atoms. The highest BCUT2D eigenvalue weighted by molar-refractivity contribution is 7.90. The lowest BCUT2D eigenvalue weighted by molar-refractivity contribution is -0.140. The lowest BCUT2D eigenvalue weighted by atomic mass is 9.93. The van der Waals surface area contributed by atoms with Crippen molar-refractivity contribution in [2.45, 2.75) is 29.6 Å². The minimum atomic E-state index is -4.79. The number of likely N-dealkylation sites (N-methyl/N-ethyl adjacent to an activating group) is 1. The summed E-state index contributed by atoms with van der Waals surface area (Å²) in [4.78, 5) is 16.9. The van der Waals surface area contributed by atoms with E-state index in [4.69, 9.17) is 23.2 Å². The first-order valence-corrected chi connectivity index (χ1v) is 14.4. The number of hydrogen-bond donors (Lipinski definition) is 0. The second kappa shape index (κ2) is 11.1. The number of rotatable bonds is 6. The van der Waals surface area contributed by atoms with Crippen LogP contribution in [-0.4, -0.2) is 56.6 Å². The van der Waals surface area contributed by atoms with Gasteiger partial charge in [0.05, 0.1) is 20.5 Å². The van der Waals surface area contributed by atoms with Crippen LogP contribution in [0.25, 0.3) is 0 Å². The Morgan fingerprint density at radius 1 is 1.00 bits per heavy atom. The molecule has 5 nitrogen and oxygen atoms in total.